The van der Waals surface area contributed by atoms with Crippen molar-refractivity contribution in [2.24, 2.45) is 0 Å². The summed E-state index contributed by atoms with van der Waals surface area (Å²) in [6, 6.07) is 4.05. The molecule has 0 aliphatic carbocycles. The summed E-state index contributed by atoms with van der Waals surface area (Å²) in [5.74, 6) is 0. The highest BCUT2D eigenvalue weighted by atomic mass is 16.5. The summed E-state index contributed by atoms with van der Waals surface area (Å²) in [6.07, 6.45) is 0. The van der Waals surface area contributed by atoms with Crippen LogP contribution in [-0.2, 0) is 22.2 Å². The first-order valence-corrected chi connectivity index (χ1v) is 7.01. The van der Waals surface area contributed by atoms with E-state index in [0.717, 1.165) is 16.7 Å². The van der Waals surface area contributed by atoms with E-state index in [1.54, 1.807) is 7.11 Å². The molecule has 0 aliphatic rings. The van der Waals surface area contributed by atoms with Crippen molar-refractivity contribution in [3.8, 4) is 0 Å². The molecule has 0 heterocycles. The van der Waals surface area contributed by atoms with E-state index < -0.39 is 7.12 Å². The van der Waals surface area contributed by atoms with E-state index in [1.807, 2.05) is 6.07 Å². The molecule has 0 saturated heterocycles. The van der Waals surface area contributed by atoms with E-state index >= 15 is 0 Å². The summed E-state index contributed by atoms with van der Waals surface area (Å²) in [5.41, 5.74) is 3.50. The molecular weight excluding hydrogens is 251 g/mol. The maximum absolute atomic E-state index is 9.71. The zero-order chi connectivity index (χ0) is 15.7. The molecule has 0 bridgehead atoms. The molecule has 0 amide bonds. The van der Waals surface area contributed by atoms with Crippen molar-refractivity contribution in [2.75, 3.05) is 7.11 Å². The van der Waals surface area contributed by atoms with Gasteiger partial charge in [-0.3, -0.25) is 0 Å². The topological polar surface area (TPSA) is 49.7 Å². The molecule has 1 rings (SSSR count). The van der Waals surface area contributed by atoms with Crippen LogP contribution in [-0.4, -0.2) is 24.3 Å². The van der Waals surface area contributed by atoms with Crippen LogP contribution in [0.1, 0.15) is 58.2 Å². The second-order valence-electron chi connectivity index (χ2n) is 7.40. The first kappa shape index (κ1) is 17.2. The minimum atomic E-state index is -1.48. The highest BCUT2D eigenvalue weighted by Crippen LogP contribution is 2.31. The molecule has 1 aromatic carbocycles. The minimum Gasteiger partial charge on any atom is -0.423 e. The SMILES string of the molecule is COCc1c(B(O)O)cc(C(C)(C)C)cc1C(C)(C)C. The molecule has 20 heavy (non-hydrogen) atoms. The van der Waals surface area contributed by atoms with Gasteiger partial charge in [-0.15, -0.1) is 0 Å². The number of methoxy groups -OCH3 is 1. The Morgan fingerprint density at radius 3 is 1.90 bits per heavy atom. The summed E-state index contributed by atoms with van der Waals surface area (Å²) >= 11 is 0. The zero-order valence-corrected chi connectivity index (χ0v) is 13.7. The Bertz CT molecular complexity index is 468. The van der Waals surface area contributed by atoms with Gasteiger partial charge in [-0.25, -0.2) is 0 Å². The van der Waals surface area contributed by atoms with Gasteiger partial charge in [-0.1, -0.05) is 53.7 Å². The first-order chi connectivity index (χ1) is 8.98. The van der Waals surface area contributed by atoms with Gasteiger partial charge in [0.15, 0.2) is 0 Å². The van der Waals surface area contributed by atoms with Crippen LogP contribution in [0.25, 0.3) is 0 Å². The normalized spacial score (nSPS) is 12.7. The molecule has 1 aromatic rings. The van der Waals surface area contributed by atoms with Crippen molar-refractivity contribution in [1.29, 1.82) is 0 Å². The zero-order valence-electron chi connectivity index (χ0n) is 13.7. The van der Waals surface area contributed by atoms with E-state index in [9.17, 15) is 10.0 Å². The van der Waals surface area contributed by atoms with E-state index in [-0.39, 0.29) is 10.8 Å². The molecule has 0 aliphatic heterocycles. The average Bonchev–Trinajstić information content (AvgIpc) is 2.26. The lowest BCUT2D eigenvalue weighted by Gasteiger charge is -2.29. The van der Waals surface area contributed by atoms with Gasteiger partial charge in [0, 0.05) is 7.11 Å². The average molecular weight is 278 g/mol. The maximum Gasteiger partial charge on any atom is 0.488 e. The molecule has 2 N–H and O–H groups in total. The summed E-state index contributed by atoms with van der Waals surface area (Å²) < 4.78 is 5.26. The van der Waals surface area contributed by atoms with Crippen LogP contribution in [0, 0.1) is 0 Å². The molecule has 0 spiro atoms. The Kier molecular flexibility index (Phi) is 5.06. The number of rotatable bonds is 3. The highest BCUT2D eigenvalue weighted by Gasteiger charge is 2.28. The third kappa shape index (κ3) is 3.84. The molecule has 0 radical (unpaired) electrons. The maximum atomic E-state index is 9.71. The van der Waals surface area contributed by atoms with Crippen molar-refractivity contribution < 1.29 is 14.8 Å². The molecular formula is C16H27BO3. The lowest BCUT2D eigenvalue weighted by molar-refractivity contribution is 0.183. The standard InChI is InChI=1S/C16H27BO3/c1-15(2,3)11-8-13(16(4,5)6)12(10-20-7)14(9-11)17(18)19/h8-9,18-19H,10H2,1-7H3. The predicted molar refractivity (Wildman–Crippen MR) is 84.4 cm³/mol. The van der Waals surface area contributed by atoms with Crippen LogP contribution in [0.5, 0.6) is 0 Å². The Balaban J connectivity index is 3.64. The van der Waals surface area contributed by atoms with Gasteiger partial charge in [0.2, 0.25) is 0 Å². The minimum absolute atomic E-state index is 0.0464. The quantitative estimate of drug-likeness (QED) is 0.833. The van der Waals surface area contributed by atoms with E-state index in [0.29, 0.717) is 12.1 Å². The monoisotopic (exact) mass is 278 g/mol. The van der Waals surface area contributed by atoms with E-state index in [2.05, 4.69) is 47.6 Å². The Morgan fingerprint density at radius 2 is 1.55 bits per heavy atom. The van der Waals surface area contributed by atoms with Gasteiger partial charge in [-0.2, -0.15) is 0 Å². The third-order valence-corrected chi connectivity index (χ3v) is 3.53. The molecule has 0 aromatic heterocycles. The van der Waals surface area contributed by atoms with Crippen LogP contribution in [0.3, 0.4) is 0 Å². The fourth-order valence-corrected chi connectivity index (χ4v) is 2.33. The van der Waals surface area contributed by atoms with Crippen molar-refractivity contribution in [3.05, 3.63) is 28.8 Å². The third-order valence-electron chi connectivity index (χ3n) is 3.53. The number of hydrogen-bond acceptors (Lipinski definition) is 3. The number of ether oxygens (including phenoxy) is 1. The van der Waals surface area contributed by atoms with Crippen molar-refractivity contribution in [3.63, 3.8) is 0 Å². The smallest absolute Gasteiger partial charge is 0.423 e. The molecule has 3 nitrogen and oxygen atoms in total. The van der Waals surface area contributed by atoms with Crippen LogP contribution < -0.4 is 5.46 Å². The predicted octanol–water partition coefficient (Wildman–Crippen LogP) is 2.11. The van der Waals surface area contributed by atoms with Crippen molar-refractivity contribution in [1.82, 2.24) is 0 Å². The molecule has 112 valence electrons. The molecule has 0 fully saturated rings. The van der Waals surface area contributed by atoms with Gasteiger partial charge in [0.05, 0.1) is 6.61 Å². The molecule has 0 unspecified atom stereocenters. The molecule has 0 saturated carbocycles. The van der Waals surface area contributed by atoms with Crippen LogP contribution in [0.4, 0.5) is 0 Å². The van der Waals surface area contributed by atoms with Gasteiger partial charge < -0.3 is 14.8 Å². The first-order valence-electron chi connectivity index (χ1n) is 7.01. The fourth-order valence-electron chi connectivity index (χ4n) is 2.33. The van der Waals surface area contributed by atoms with Gasteiger partial charge >= 0.3 is 7.12 Å². The Hall–Kier alpha value is -0.835. The van der Waals surface area contributed by atoms with Gasteiger partial charge in [0.1, 0.15) is 0 Å². The molecule has 0 atom stereocenters. The number of hydrogen-bond donors (Lipinski definition) is 2. The van der Waals surface area contributed by atoms with Crippen LogP contribution in [0.2, 0.25) is 0 Å². The van der Waals surface area contributed by atoms with E-state index in [4.69, 9.17) is 4.74 Å². The Labute approximate surface area is 123 Å². The van der Waals surface area contributed by atoms with E-state index in [1.165, 1.54) is 0 Å². The lowest BCUT2D eigenvalue weighted by atomic mass is 9.69. The van der Waals surface area contributed by atoms with Crippen LogP contribution in [0.15, 0.2) is 12.1 Å². The van der Waals surface area contributed by atoms with Crippen molar-refractivity contribution in [2.45, 2.75) is 59.0 Å². The largest absolute Gasteiger partial charge is 0.488 e. The summed E-state index contributed by atoms with van der Waals surface area (Å²) in [7, 11) is 0.140. The van der Waals surface area contributed by atoms with Gasteiger partial charge in [0.25, 0.3) is 0 Å². The summed E-state index contributed by atoms with van der Waals surface area (Å²) in [4.78, 5) is 0. The second kappa shape index (κ2) is 5.88. The Morgan fingerprint density at radius 1 is 1.00 bits per heavy atom. The lowest BCUT2D eigenvalue weighted by Crippen LogP contribution is -2.37. The van der Waals surface area contributed by atoms with Gasteiger partial charge in [-0.05, 0) is 33.0 Å². The molecule has 4 heteroatoms. The fraction of sp³-hybridized carbons (Fsp3) is 0.625. The van der Waals surface area contributed by atoms with Crippen molar-refractivity contribution >= 4 is 12.6 Å². The summed E-state index contributed by atoms with van der Waals surface area (Å²) in [5, 5.41) is 19.4. The van der Waals surface area contributed by atoms with Crippen LogP contribution >= 0.6 is 0 Å². The highest BCUT2D eigenvalue weighted by molar-refractivity contribution is 6.59. The number of benzene rings is 1. The second-order valence-corrected chi connectivity index (χ2v) is 7.40. The summed E-state index contributed by atoms with van der Waals surface area (Å²) in [6.45, 7) is 13.1.